The van der Waals surface area contributed by atoms with Gasteiger partial charge < -0.3 is 5.84 Å². The Morgan fingerprint density at radius 1 is 1.22 bits per heavy atom. The number of nitrogens with zero attached hydrogens (tertiary/aromatic N) is 2. The molecule has 27 heavy (non-hydrogen) atoms. The molecule has 0 radical (unpaired) electrons. The Morgan fingerprint density at radius 3 is 2.52 bits per heavy atom. The van der Waals surface area contributed by atoms with Gasteiger partial charge in [-0.1, -0.05) is 12.8 Å². The third-order valence-electron chi connectivity index (χ3n) is 5.75. The Labute approximate surface area is 157 Å². The molecule has 2 saturated carbocycles. The van der Waals surface area contributed by atoms with E-state index in [2.05, 4.69) is 4.72 Å². The lowest BCUT2D eigenvalue weighted by molar-refractivity contribution is 0.447. The number of nitrogens with one attached hydrogen (secondary N) is 1. The number of fused-ring (bicyclic) bond motifs is 1. The first-order valence-corrected chi connectivity index (χ1v) is 10.8. The van der Waals surface area contributed by atoms with Gasteiger partial charge in [0, 0.05) is 12.1 Å². The third-order valence-corrected chi connectivity index (χ3v) is 7.39. The molecule has 0 atom stereocenters. The van der Waals surface area contributed by atoms with Gasteiger partial charge in [0.25, 0.3) is 5.56 Å². The Kier molecular flexibility index (Phi) is 4.19. The summed E-state index contributed by atoms with van der Waals surface area (Å²) in [5.74, 6) is 6.06. The summed E-state index contributed by atoms with van der Waals surface area (Å²) in [5, 5.41) is 0.138. The molecule has 2 aliphatic rings. The van der Waals surface area contributed by atoms with E-state index in [-0.39, 0.29) is 10.3 Å². The minimum Gasteiger partial charge on any atom is -0.332 e. The van der Waals surface area contributed by atoms with Crippen LogP contribution in [0.15, 0.2) is 32.7 Å². The van der Waals surface area contributed by atoms with E-state index < -0.39 is 26.8 Å². The summed E-state index contributed by atoms with van der Waals surface area (Å²) in [6.07, 6.45) is 5.91. The average molecular weight is 392 g/mol. The van der Waals surface area contributed by atoms with Gasteiger partial charge in [0.05, 0.1) is 15.8 Å². The molecule has 0 unspecified atom stereocenters. The number of aromatic nitrogens is 2. The van der Waals surface area contributed by atoms with Gasteiger partial charge in [-0.05, 0) is 56.7 Å². The van der Waals surface area contributed by atoms with Crippen molar-refractivity contribution < 1.29 is 8.42 Å². The van der Waals surface area contributed by atoms with Gasteiger partial charge in [0.1, 0.15) is 0 Å². The van der Waals surface area contributed by atoms with Gasteiger partial charge in [-0.3, -0.25) is 9.36 Å². The molecule has 0 bridgehead atoms. The highest BCUT2D eigenvalue weighted by atomic mass is 32.2. The highest BCUT2D eigenvalue weighted by molar-refractivity contribution is 7.89. The van der Waals surface area contributed by atoms with Crippen molar-refractivity contribution in [1.82, 2.24) is 14.0 Å². The first-order valence-electron chi connectivity index (χ1n) is 9.29. The molecule has 2 aromatic rings. The quantitative estimate of drug-likeness (QED) is 0.733. The smallest absolute Gasteiger partial charge is 0.332 e. The first-order chi connectivity index (χ1) is 12.7. The first kappa shape index (κ1) is 18.2. The lowest BCUT2D eigenvalue weighted by Crippen LogP contribution is -2.45. The molecule has 3 N–H and O–H groups in total. The van der Waals surface area contributed by atoms with E-state index in [1.165, 1.54) is 22.8 Å². The predicted octanol–water partition coefficient (Wildman–Crippen LogP) is 0.898. The molecule has 4 rings (SSSR count). The normalized spacial score (nSPS) is 19.6. The van der Waals surface area contributed by atoms with Gasteiger partial charge in [-0.25, -0.2) is 17.9 Å². The molecule has 2 fully saturated rings. The van der Waals surface area contributed by atoms with Crippen LogP contribution in [0, 0.1) is 5.92 Å². The van der Waals surface area contributed by atoms with Crippen LogP contribution in [-0.4, -0.2) is 23.2 Å². The van der Waals surface area contributed by atoms with Crippen molar-refractivity contribution in [3.63, 3.8) is 0 Å². The summed E-state index contributed by atoms with van der Waals surface area (Å²) < 4.78 is 30.0. The lowest BCUT2D eigenvalue weighted by Gasteiger charge is -2.17. The zero-order valence-corrected chi connectivity index (χ0v) is 16.1. The fraction of sp³-hybridized carbons (Fsp3) is 0.556. The third kappa shape index (κ3) is 3.29. The molecular weight excluding hydrogens is 368 g/mol. The predicted molar refractivity (Wildman–Crippen MR) is 103 cm³/mol. The van der Waals surface area contributed by atoms with Crippen molar-refractivity contribution in [3.8, 4) is 0 Å². The molecule has 8 nitrogen and oxygen atoms in total. The van der Waals surface area contributed by atoms with E-state index in [0.717, 1.165) is 38.5 Å². The molecule has 0 aliphatic heterocycles. The van der Waals surface area contributed by atoms with Crippen molar-refractivity contribution in [2.24, 2.45) is 5.92 Å². The summed E-state index contributed by atoms with van der Waals surface area (Å²) in [6.45, 7) is 2.33. The molecule has 0 spiro atoms. The summed E-state index contributed by atoms with van der Waals surface area (Å²) in [5.41, 5.74) is -1.25. The van der Waals surface area contributed by atoms with Crippen LogP contribution in [0.2, 0.25) is 0 Å². The molecule has 1 aromatic heterocycles. The molecular formula is C18H24N4O4S. The Balaban J connectivity index is 1.83. The molecule has 9 heteroatoms. The van der Waals surface area contributed by atoms with E-state index in [4.69, 9.17) is 5.84 Å². The Bertz CT molecular complexity index is 1120. The minimum atomic E-state index is -3.75. The number of nitrogen functional groups attached to an aromatic ring is 1. The van der Waals surface area contributed by atoms with Crippen LogP contribution in [0.1, 0.15) is 45.4 Å². The van der Waals surface area contributed by atoms with Gasteiger partial charge in [-0.2, -0.15) is 4.68 Å². The molecule has 1 aromatic carbocycles. The summed E-state index contributed by atoms with van der Waals surface area (Å²) in [6, 6.07) is 4.30. The van der Waals surface area contributed by atoms with Crippen molar-refractivity contribution in [2.75, 3.05) is 5.84 Å². The number of sulfonamides is 1. The van der Waals surface area contributed by atoms with Gasteiger partial charge in [-0.15, -0.1) is 0 Å². The summed E-state index contributed by atoms with van der Waals surface area (Å²) >= 11 is 0. The van der Waals surface area contributed by atoms with Crippen LogP contribution in [0.3, 0.4) is 0 Å². The van der Waals surface area contributed by atoms with E-state index in [0.29, 0.717) is 22.7 Å². The maximum atomic E-state index is 12.6. The Hall–Kier alpha value is -2.13. The molecule has 2 aliphatic carbocycles. The monoisotopic (exact) mass is 392 g/mol. The topological polar surface area (TPSA) is 116 Å². The van der Waals surface area contributed by atoms with E-state index in [1.54, 1.807) is 0 Å². The van der Waals surface area contributed by atoms with Crippen LogP contribution in [0.25, 0.3) is 10.9 Å². The van der Waals surface area contributed by atoms with Gasteiger partial charge in [0.15, 0.2) is 0 Å². The second-order valence-electron chi connectivity index (χ2n) is 8.06. The van der Waals surface area contributed by atoms with E-state index in [9.17, 15) is 18.0 Å². The number of benzene rings is 1. The zero-order chi connectivity index (χ0) is 19.4. The highest BCUT2D eigenvalue weighted by Crippen LogP contribution is 2.36. The number of nitrogens with two attached hydrogens (primary N) is 1. The maximum Gasteiger partial charge on any atom is 0.350 e. The number of rotatable bonds is 5. The zero-order valence-electron chi connectivity index (χ0n) is 15.3. The fourth-order valence-corrected chi connectivity index (χ4v) is 5.33. The van der Waals surface area contributed by atoms with Crippen LogP contribution in [-0.2, 0) is 16.6 Å². The van der Waals surface area contributed by atoms with Crippen molar-refractivity contribution >= 4 is 20.9 Å². The van der Waals surface area contributed by atoms with Crippen LogP contribution in [0.5, 0.6) is 0 Å². The maximum absolute atomic E-state index is 12.6. The SMILES string of the molecule is CC1(NS(=O)(=O)c2ccc3c(c2)c(=O)n(N)c(=O)n3CC2CCCC2)CC1. The molecule has 146 valence electrons. The lowest BCUT2D eigenvalue weighted by atomic mass is 10.1. The minimum absolute atomic E-state index is 0.00582. The van der Waals surface area contributed by atoms with Gasteiger partial charge in [0.2, 0.25) is 10.0 Å². The Morgan fingerprint density at radius 2 is 1.89 bits per heavy atom. The number of hydrogen-bond donors (Lipinski definition) is 2. The fourth-order valence-electron chi connectivity index (χ4n) is 3.84. The standard InChI is InChI=1S/C18H24N4O4S/c1-18(8-9-18)20-27(25,26)13-6-7-15-14(10-13)16(23)22(19)17(24)21(15)11-12-4-2-3-5-12/h6-7,10,12,20H,2-5,8-9,11,19H2,1H3. The summed E-state index contributed by atoms with van der Waals surface area (Å²) in [7, 11) is -3.75. The van der Waals surface area contributed by atoms with Crippen molar-refractivity contribution in [1.29, 1.82) is 0 Å². The second kappa shape index (κ2) is 6.20. The molecule has 0 saturated heterocycles. The van der Waals surface area contributed by atoms with Crippen LogP contribution >= 0.6 is 0 Å². The highest BCUT2D eigenvalue weighted by Gasteiger charge is 2.41. The van der Waals surface area contributed by atoms with E-state index in [1.807, 2.05) is 6.92 Å². The second-order valence-corrected chi connectivity index (χ2v) is 9.75. The largest absolute Gasteiger partial charge is 0.350 e. The molecule has 1 heterocycles. The van der Waals surface area contributed by atoms with E-state index >= 15 is 0 Å². The van der Waals surface area contributed by atoms with Crippen LogP contribution in [0.4, 0.5) is 0 Å². The van der Waals surface area contributed by atoms with Crippen molar-refractivity contribution in [2.45, 2.75) is 62.4 Å². The summed E-state index contributed by atoms with van der Waals surface area (Å²) in [4.78, 5) is 25.1. The van der Waals surface area contributed by atoms with Crippen molar-refractivity contribution in [3.05, 3.63) is 39.0 Å². The molecule has 0 amide bonds. The van der Waals surface area contributed by atoms with Crippen LogP contribution < -0.4 is 21.8 Å². The van der Waals surface area contributed by atoms with Gasteiger partial charge >= 0.3 is 5.69 Å². The number of hydrogen-bond acceptors (Lipinski definition) is 5. The average Bonchev–Trinajstić information content (AvgIpc) is 3.12.